The third-order valence-corrected chi connectivity index (χ3v) is 3.17. The maximum absolute atomic E-state index is 12.0. The molecule has 1 N–H and O–H groups in total. The minimum absolute atomic E-state index is 0.0579. The number of aromatic amines is 1. The molecule has 9 heteroatoms. The van der Waals surface area contributed by atoms with Gasteiger partial charge in [0.15, 0.2) is 0 Å². The molecular formula is C13H10ClN5O3. The summed E-state index contributed by atoms with van der Waals surface area (Å²) < 4.78 is 5.91. The van der Waals surface area contributed by atoms with Gasteiger partial charge in [0.05, 0.1) is 18.0 Å². The molecule has 2 heterocycles. The Morgan fingerprint density at radius 1 is 1.45 bits per heavy atom. The zero-order valence-corrected chi connectivity index (χ0v) is 12.2. The van der Waals surface area contributed by atoms with Gasteiger partial charge in [0.1, 0.15) is 18.7 Å². The van der Waals surface area contributed by atoms with Crippen LogP contribution in [-0.4, -0.2) is 37.8 Å². The Morgan fingerprint density at radius 3 is 3.05 bits per heavy atom. The molecule has 3 rings (SSSR count). The fourth-order valence-corrected chi connectivity index (χ4v) is 2.12. The summed E-state index contributed by atoms with van der Waals surface area (Å²) in [5.41, 5.74) is 0.229. The number of benzene rings is 1. The normalized spacial score (nSPS) is 10.8. The minimum atomic E-state index is -0.631. The SMILES string of the molecule is COC(=O)c1ncn(Cc2nc3ccc(Cl)cc3c(=O)[nH]2)n1. The number of ether oxygens (including phenoxy) is 1. The van der Waals surface area contributed by atoms with E-state index in [0.29, 0.717) is 21.7 Å². The first-order chi connectivity index (χ1) is 10.6. The summed E-state index contributed by atoms with van der Waals surface area (Å²) >= 11 is 5.86. The van der Waals surface area contributed by atoms with Crippen molar-refractivity contribution in [2.24, 2.45) is 0 Å². The van der Waals surface area contributed by atoms with E-state index in [9.17, 15) is 9.59 Å². The van der Waals surface area contributed by atoms with Crippen LogP contribution in [0.5, 0.6) is 0 Å². The second-order valence-electron chi connectivity index (χ2n) is 4.43. The van der Waals surface area contributed by atoms with Crippen molar-refractivity contribution in [2.75, 3.05) is 7.11 Å². The first kappa shape index (κ1) is 14.2. The number of hydrogen-bond acceptors (Lipinski definition) is 6. The van der Waals surface area contributed by atoms with Crippen LogP contribution in [0.1, 0.15) is 16.4 Å². The number of rotatable bonds is 3. The molecule has 1 aromatic carbocycles. The van der Waals surface area contributed by atoms with Crippen LogP contribution in [0.3, 0.4) is 0 Å². The van der Waals surface area contributed by atoms with E-state index in [1.54, 1.807) is 18.2 Å². The van der Waals surface area contributed by atoms with E-state index in [1.807, 2.05) is 0 Å². The number of hydrogen-bond donors (Lipinski definition) is 1. The number of H-pyrrole nitrogens is 1. The molecule has 2 aromatic heterocycles. The van der Waals surface area contributed by atoms with Crippen molar-refractivity contribution in [1.82, 2.24) is 24.7 Å². The molecule has 0 fully saturated rings. The third-order valence-electron chi connectivity index (χ3n) is 2.93. The second kappa shape index (κ2) is 5.57. The van der Waals surface area contributed by atoms with Gasteiger partial charge in [-0.2, -0.15) is 0 Å². The van der Waals surface area contributed by atoms with E-state index in [1.165, 1.54) is 18.1 Å². The number of halogens is 1. The number of methoxy groups -OCH3 is 1. The van der Waals surface area contributed by atoms with Crippen LogP contribution in [0.15, 0.2) is 29.3 Å². The summed E-state index contributed by atoms with van der Waals surface area (Å²) in [4.78, 5) is 34.1. The molecule has 112 valence electrons. The Kier molecular flexibility index (Phi) is 3.60. The van der Waals surface area contributed by atoms with Crippen LogP contribution < -0.4 is 5.56 Å². The summed E-state index contributed by atoms with van der Waals surface area (Å²) in [5.74, 6) is -0.299. The molecule has 22 heavy (non-hydrogen) atoms. The van der Waals surface area contributed by atoms with Gasteiger partial charge >= 0.3 is 5.97 Å². The maximum Gasteiger partial charge on any atom is 0.377 e. The number of fused-ring (bicyclic) bond motifs is 1. The third kappa shape index (κ3) is 2.68. The first-order valence-corrected chi connectivity index (χ1v) is 6.61. The lowest BCUT2D eigenvalue weighted by Gasteiger charge is -2.03. The molecule has 0 aliphatic carbocycles. The van der Waals surface area contributed by atoms with Crippen LogP contribution >= 0.6 is 11.6 Å². The Morgan fingerprint density at radius 2 is 2.27 bits per heavy atom. The Balaban J connectivity index is 1.94. The van der Waals surface area contributed by atoms with Gasteiger partial charge < -0.3 is 9.72 Å². The van der Waals surface area contributed by atoms with Gasteiger partial charge in [0.2, 0.25) is 0 Å². The van der Waals surface area contributed by atoms with Gasteiger partial charge in [-0.25, -0.2) is 19.4 Å². The second-order valence-corrected chi connectivity index (χ2v) is 4.87. The number of carbonyl (C=O) groups is 1. The summed E-state index contributed by atoms with van der Waals surface area (Å²) in [6.45, 7) is 0.164. The van der Waals surface area contributed by atoms with Crippen LogP contribution in [0.4, 0.5) is 0 Å². The molecule has 0 radical (unpaired) electrons. The Hall–Kier alpha value is -2.74. The molecule has 0 bridgehead atoms. The lowest BCUT2D eigenvalue weighted by molar-refractivity contribution is 0.0586. The van der Waals surface area contributed by atoms with E-state index >= 15 is 0 Å². The number of aromatic nitrogens is 5. The molecule has 8 nitrogen and oxygen atoms in total. The fraction of sp³-hybridized carbons (Fsp3) is 0.154. The van der Waals surface area contributed by atoms with E-state index in [0.717, 1.165) is 0 Å². The van der Waals surface area contributed by atoms with Gasteiger partial charge in [-0.3, -0.25) is 4.79 Å². The number of esters is 1. The van der Waals surface area contributed by atoms with Gasteiger partial charge in [-0.1, -0.05) is 11.6 Å². The van der Waals surface area contributed by atoms with Crippen molar-refractivity contribution >= 4 is 28.5 Å². The first-order valence-electron chi connectivity index (χ1n) is 6.23. The maximum atomic E-state index is 12.0. The Bertz CT molecular complexity index is 917. The summed E-state index contributed by atoms with van der Waals surface area (Å²) in [6.07, 6.45) is 1.36. The minimum Gasteiger partial charge on any atom is -0.463 e. The molecule has 0 aliphatic heterocycles. The average molecular weight is 320 g/mol. The highest BCUT2D eigenvalue weighted by molar-refractivity contribution is 6.31. The lowest BCUT2D eigenvalue weighted by Crippen LogP contribution is -2.15. The molecule has 0 amide bonds. The standard InChI is InChI=1S/C13H10ClN5O3/c1-22-13(21)11-15-6-19(18-11)5-10-16-9-3-2-7(14)4-8(9)12(20)17-10/h2-4,6H,5H2,1H3,(H,16,17,20). The summed E-state index contributed by atoms with van der Waals surface area (Å²) in [5, 5.41) is 4.82. The predicted molar refractivity (Wildman–Crippen MR) is 77.8 cm³/mol. The van der Waals surface area contributed by atoms with E-state index < -0.39 is 5.97 Å². The van der Waals surface area contributed by atoms with Crippen molar-refractivity contribution in [3.63, 3.8) is 0 Å². The highest BCUT2D eigenvalue weighted by Crippen LogP contribution is 2.14. The summed E-state index contributed by atoms with van der Waals surface area (Å²) in [7, 11) is 1.25. The molecule has 0 atom stereocenters. The highest BCUT2D eigenvalue weighted by Gasteiger charge is 2.12. The number of nitrogens with one attached hydrogen (secondary N) is 1. The molecule has 0 aliphatic rings. The van der Waals surface area contributed by atoms with Gasteiger partial charge in [-0.05, 0) is 18.2 Å². The lowest BCUT2D eigenvalue weighted by atomic mass is 10.2. The smallest absolute Gasteiger partial charge is 0.377 e. The molecular weight excluding hydrogens is 310 g/mol. The largest absolute Gasteiger partial charge is 0.463 e. The predicted octanol–water partition coefficient (Wildman–Crippen LogP) is 1.00. The topological polar surface area (TPSA) is 103 Å². The molecule has 0 spiro atoms. The van der Waals surface area contributed by atoms with Gasteiger partial charge in [-0.15, -0.1) is 5.10 Å². The van der Waals surface area contributed by atoms with E-state index in [2.05, 4.69) is 24.8 Å². The zero-order valence-electron chi connectivity index (χ0n) is 11.4. The van der Waals surface area contributed by atoms with Crippen LogP contribution in [0, 0.1) is 0 Å². The number of nitrogens with zero attached hydrogens (tertiary/aromatic N) is 4. The quantitative estimate of drug-likeness (QED) is 0.722. The Labute approximate surface area is 128 Å². The molecule has 0 unspecified atom stereocenters. The fourth-order valence-electron chi connectivity index (χ4n) is 1.94. The van der Waals surface area contributed by atoms with Gasteiger partial charge in [0.25, 0.3) is 11.4 Å². The number of carbonyl (C=O) groups excluding carboxylic acids is 1. The monoisotopic (exact) mass is 319 g/mol. The van der Waals surface area contributed by atoms with Crippen molar-refractivity contribution < 1.29 is 9.53 Å². The van der Waals surface area contributed by atoms with Crippen molar-refractivity contribution in [1.29, 1.82) is 0 Å². The average Bonchev–Trinajstić information content (AvgIpc) is 2.96. The van der Waals surface area contributed by atoms with E-state index in [-0.39, 0.29) is 17.9 Å². The van der Waals surface area contributed by atoms with Crippen molar-refractivity contribution in [3.05, 3.63) is 51.6 Å². The molecule has 3 aromatic rings. The zero-order chi connectivity index (χ0) is 15.7. The van der Waals surface area contributed by atoms with Crippen molar-refractivity contribution in [2.45, 2.75) is 6.54 Å². The van der Waals surface area contributed by atoms with E-state index in [4.69, 9.17) is 11.6 Å². The molecule has 0 saturated carbocycles. The van der Waals surface area contributed by atoms with Crippen molar-refractivity contribution in [3.8, 4) is 0 Å². The van der Waals surface area contributed by atoms with Crippen LogP contribution in [0.2, 0.25) is 5.02 Å². The highest BCUT2D eigenvalue weighted by atomic mass is 35.5. The van der Waals surface area contributed by atoms with Crippen LogP contribution in [-0.2, 0) is 11.3 Å². The molecule has 0 saturated heterocycles. The summed E-state index contributed by atoms with van der Waals surface area (Å²) in [6, 6.07) is 4.87. The van der Waals surface area contributed by atoms with Crippen LogP contribution in [0.25, 0.3) is 10.9 Å². The van der Waals surface area contributed by atoms with Gasteiger partial charge in [0, 0.05) is 5.02 Å².